The van der Waals surface area contributed by atoms with Crippen LogP contribution in [-0.4, -0.2) is 60.9 Å². The van der Waals surface area contributed by atoms with E-state index in [1.165, 1.54) is 42.8 Å². The predicted octanol–water partition coefficient (Wildman–Crippen LogP) is 3.72. The first kappa shape index (κ1) is 21.8. The van der Waals surface area contributed by atoms with Crippen molar-refractivity contribution in [3.05, 3.63) is 21.4 Å². The smallest absolute Gasteiger partial charge is 0.263 e. The molecule has 2 amide bonds. The van der Waals surface area contributed by atoms with Crippen molar-refractivity contribution in [2.45, 2.75) is 64.7 Å². The van der Waals surface area contributed by atoms with Gasteiger partial charge in [0.05, 0.1) is 4.88 Å². The zero-order valence-corrected chi connectivity index (χ0v) is 19.3. The first-order valence-electron chi connectivity index (χ1n) is 12.0. The van der Waals surface area contributed by atoms with Gasteiger partial charge in [-0.15, -0.1) is 11.3 Å². The monoisotopic (exact) mass is 431 g/mol. The molecular formula is C24H37N3O2S. The minimum absolute atomic E-state index is 0.0564. The maximum Gasteiger partial charge on any atom is 0.263 e. The highest BCUT2D eigenvalue weighted by atomic mass is 32.1. The van der Waals surface area contributed by atoms with Crippen molar-refractivity contribution in [2.24, 2.45) is 11.8 Å². The molecule has 1 aromatic rings. The van der Waals surface area contributed by atoms with Crippen LogP contribution in [0.1, 0.15) is 72.0 Å². The van der Waals surface area contributed by atoms with E-state index >= 15 is 0 Å². The van der Waals surface area contributed by atoms with E-state index in [2.05, 4.69) is 23.2 Å². The van der Waals surface area contributed by atoms with Gasteiger partial charge in [0.25, 0.3) is 5.91 Å². The maximum absolute atomic E-state index is 12.9. The highest BCUT2D eigenvalue weighted by molar-refractivity contribution is 7.14. The van der Waals surface area contributed by atoms with Crippen LogP contribution >= 0.6 is 11.3 Å². The van der Waals surface area contributed by atoms with Crippen LogP contribution in [0.2, 0.25) is 0 Å². The molecule has 0 aromatic carbocycles. The number of fused-ring (bicyclic) bond motifs is 1. The molecule has 4 rings (SSSR count). The lowest BCUT2D eigenvalue weighted by atomic mass is 9.87. The molecule has 0 bridgehead atoms. The summed E-state index contributed by atoms with van der Waals surface area (Å²) in [6.07, 6.45) is 9.87. The van der Waals surface area contributed by atoms with Crippen molar-refractivity contribution in [3.63, 3.8) is 0 Å². The fourth-order valence-electron chi connectivity index (χ4n) is 5.06. The first-order valence-corrected chi connectivity index (χ1v) is 12.8. The molecule has 1 atom stereocenters. The van der Waals surface area contributed by atoms with Gasteiger partial charge < -0.3 is 15.1 Å². The third-order valence-corrected chi connectivity index (χ3v) is 8.36. The van der Waals surface area contributed by atoms with Crippen molar-refractivity contribution in [1.29, 1.82) is 0 Å². The second-order valence-electron chi connectivity index (χ2n) is 9.52. The Bertz CT molecular complexity index is 733. The van der Waals surface area contributed by atoms with Crippen LogP contribution in [-0.2, 0) is 17.6 Å². The second-order valence-corrected chi connectivity index (χ2v) is 10.7. The molecule has 2 fully saturated rings. The SMILES string of the molecule is CC1CCN(C(=O)c2cc3c(s2)CC[C@@H](C(=O)NCCCN2CCCCC2)C3)CC1. The number of piperidine rings is 2. The average Bonchev–Trinajstić information content (AvgIpc) is 3.21. The Morgan fingerprint density at radius 3 is 2.63 bits per heavy atom. The number of aryl methyl sites for hydroxylation is 1. The Labute approximate surface area is 185 Å². The lowest BCUT2D eigenvalue weighted by Crippen LogP contribution is -2.37. The average molecular weight is 432 g/mol. The van der Waals surface area contributed by atoms with Gasteiger partial charge >= 0.3 is 0 Å². The molecule has 1 aromatic heterocycles. The molecule has 2 aliphatic heterocycles. The van der Waals surface area contributed by atoms with Gasteiger partial charge in [0.15, 0.2) is 0 Å². The van der Waals surface area contributed by atoms with Gasteiger partial charge in [-0.05, 0) is 88.5 Å². The summed E-state index contributed by atoms with van der Waals surface area (Å²) in [6.45, 7) is 8.34. The van der Waals surface area contributed by atoms with Gasteiger partial charge in [-0.3, -0.25) is 9.59 Å². The lowest BCUT2D eigenvalue weighted by Gasteiger charge is -2.29. The van der Waals surface area contributed by atoms with Gasteiger partial charge in [-0.25, -0.2) is 0 Å². The molecule has 166 valence electrons. The van der Waals surface area contributed by atoms with E-state index < -0.39 is 0 Å². The van der Waals surface area contributed by atoms with Crippen molar-refractivity contribution in [3.8, 4) is 0 Å². The molecule has 1 N–H and O–H groups in total. The van der Waals surface area contributed by atoms with Crippen LogP contribution in [0.15, 0.2) is 6.07 Å². The highest BCUT2D eigenvalue weighted by Crippen LogP contribution is 2.33. The van der Waals surface area contributed by atoms with Gasteiger partial charge in [-0.2, -0.15) is 0 Å². The zero-order chi connectivity index (χ0) is 20.9. The van der Waals surface area contributed by atoms with Gasteiger partial charge in [0.2, 0.25) is 5.91 Å². The number of amides is 2. The van der Waals surface area contributed by atoms with E-state index in [0.29, 0.717) is 0 Å². The van der Waals surface area contributed by atoms with Crippen LogP contribution in [0.3, 0.4) is 0 Å². The summed E-state index contributed by atoms with van der Waals surface area (Å²) in [5.41, 5.74) is 1.23. The largest absolute Gasteiger partial charge is 0.356 e. The third kappa shape index (κ3) is 5.44. The molecule has 3 aliphatic rings. The Morgan fingerprint density at radius 2 is 1.87 bits per heavy atom. The zero-order valence-electron chi connectivity index (χ0n) is 18.5. The topological polar surface area (TPSA) is 52.7 Å². The number of likely N-dealkylation sites (tertiary alicyclic amines) is 2. The molecular weight excluding hydrogens is 394 g/mol. The van der Waals surface area contributed by atoms with E-state index in [9.17, 15) is 9.59 Å². The van der Waals surface area contributed by atoms with Crippen LogP contribution < -0.4 is 5.32 Å². The minimum Gasteiger partial charge on any atom is -0.356 e. The summed E-state index contributed by atoms with van der Waals surface area (Å²) in [6, 6.07) is 2.08. The molecule has 0 radical (unpaired) electrons. The standard InChI is InChI=1S/C24H37N3O2S/c1-18-8-14-27(15-9-18)24(29)22-17-20-16-19(6-7-21(20)30-22)23(28)25-10-5-13-26-11-3-2-4-12-26/h17-19H,2-16H2,1H3,(H,25,28)/t19-/m1/s1. The Hall–Kier alpha value is -1.40. The predicted molar refractivity (Wildman–Crippen MR) is 122 cm³/mol. The number of carbonyl (C=O) groups is 2. The summed E-state index contributed by atoms with van der Waals surface area (Å²) in [7, 11) is 0. The Balaban J connectivity index is 1.24. The maximum atomic E-state index is 12.9. The summed E-state index contributed by atoms with van der Waals surface area (Å²) in [5.74, 6) is 1.17. The lowest BCUT2D eigenvalue weighted by molar-refractivity contribution is -0.125. The van der Waals surface area contributed by atoms with Crippen molar-refractivity contribution in [2.75, 3.05) is 39.3 Å². The summed E-state index contributed by atoms with van der Waals surface area (Å²) in [4.78, 5) is 32.3. The number of hydrogen-bond donors (Lipinski definition) is 1. The van der Waals surface area contributed by atoms with Crippen LogP contribution in [0.4, 0.5) is 0 Å². The Kier molecular flexibility index (Phi) is 7.47. The van der Waals surface area contributed by atoms with Gasteiger partial charge in [0, 0.05) is 30.4 Å². The molecule has 5 nitrogen and oxygen atoms in total. The summed E-state index contributed by atoms with van der Waals surface area (Å²) < 4.78 is 0. The van der Waals surface area contributed by atoms with Gasteiger partial charge in [0.1, 0.15) is 0 Å². The number of hydrogen-bond acceptors (Lipinski definition) is 4. The molecule has 3 heterocycles. The normalized spacial score (nSPS) is 23.2. The fourth-order valence-corrected chi connectivity index (χ4v) is 6.24. The third-order valence-electron chi connectivity index (χ3n) is 7.13. The first-order chi connectivity index (χ1) is 14.6. The molecule has 1 aliphatic carbocycles. The Morgan fingerprint density at radius 1 is 1.10 bits per heavy atom. The number of nitrogens with one attached hydrogen (secondary N) is 1. The fraction of sp³-hybridized carbons (Fsp3) is 0.750. The van der Waals surface area contributed by atoms with E-state index in [4.69, 9.17) is 0 Å². The summed E-state index contributed by atoms with van der Waals surface area (Å²) >= 11 is 1.66. The number of carbonyl (C=O) groups excluding carboxylic acids is 2. The minimum atomic E-state index is 0.0564. The van der Waals surface area contributed by atoms with Crippen LogP contribution in [0, 0.1) is 11.8 Å². The van der Waals surface area contributed by atoms with Gasteiger partial charge in [-0.1, -0.05) is 13.3 Å². The van der Waals surface area contributed by atoms with Crippen LogP contribution in [0.5, 0.6) is 0 Å². The van der Waals surface area contributed by atoms with E-state index in [1.807, 2.05) is 4.90 Å². The quantitative estimate of drug-likeness (QED) is 0.699. The second kappa shape index (κ2) is 10.3. The summed E-state index contributed by atoms with van der Waals surface area (Å²) in [5, 5.41) is 3.17. The molecule has 0 saturated carbocycles. The van der Waals surface area contributed by atoms with E-state index in [-0.39, 0.29) is 17.7 Å². The van der Waals surface area contributed by atoms with Crippen molar-refractivity contribution in [1.82, 2.24) is 15.1 Å². The number of nitrogens with zero attached hydrogens (tertiary/aromatic N) is 2. The molecule has 30 heavy (non-hydrogen) atoms. The van der Waals surface area contributed by atoms with E-state index in [0.717, 1.165) is 75.5 Å². The molecule has 2 saturated heterocycles. The number of rotatable bonds is 6. The highest BCUT2D eigenvalue weighted by Gasteiger charge is 2.29. The molecule has 0 unspecified atom stereocenters. The molecule has 0 spiro atoms. The number of thiophene rings is 1. The van der Waals surface area contributed by atoms with Crippen molar-refractivity contribution >= 4 is 23.2 Å². The van der Waals surface area contributed by atoms with Crippen LogP contribution in [0.25, 0.3) is 0 Å². The van der Waals surface area contributed by atoms with Crippen molar-refractivity contribution < 1.29 is 9.59 Å². The van der Waals surface area contributed by atoms with E-state index in [1.54, 1.807) is 11.3 Å². The molecule has 6 heteroatoms.